The highest BCUT2D eigenvalue weighted by atomic mass is 32.2. The lowest BCUT2D eigenvalue weighted by Gasteiger charge is -2.15. The first-order chi connectivity index (χ1) is 16.7. The van der Waals surface area contributed by atoms with Gasteiger partial charge in [-0.1, -0.05) is 24.3 Å². The van der Waals surface area contributed by atoms with Crippen LogP contribution in [0.2, 0.25) is 0 Å². The van der Waals surface area contributed by atoms with Gasteiger partial charge in [0.25, 0.3) is 5.91 Å². The highest BCUT2D eigenvalue weighted by Crippen LogP contribution is 2.31. The molecule has 36 heavy (non-hydrogen) atoms. The first-order valence-corrected chi connectivity index (χ1v) is 13.8. The van der Waals surface area contributed by atoms with Crippen molar-refractivity contribution in [2.75, 3.05) is 22.6 Å². The third-order valence-electron chi connectivity index (χ3n) is 4.69. The number of sulfonamides is 1. The van der Waals surface area contributed by atoms with Gasteiger partial charge in [0.05, 0.1) is 18.1 Å². The number of nitrogens with one attached hydrogen (secondary N) is 3. The number of nitrogen functional groups attached to an aromatic ring is 1. The second kappa shape index (κ2) is 10.2. The first-order valence-electron chi connectivity index (χ1n) is 10.1. The molecule has 0 aliphatic heterocycles. The molecule has 0 heterocycles. The van der Waals surface area contributed by atoms with Crippen molar-refractivity contribution in [3.05, 3.63) is 83.4 Å². The van der Waals surface area contributed by atoms with E-state index in [0.29, 0.717) is 17.5 Å². The standard InChI is InChI=1S/C23H22N4O7S2/c1-35(30,31)27-16-11-12-18(20(13-16)23(29)34-36(2,32)33)17-5-3-4-6-19(17)22(28)26-15-9-7-14(8-10-15)21(24)25/h3-13,27H,1-2H3,(H3,24,25)(H,26,28). The molecule has 1 amide bonds. The molecule has 0 aliphatic rings. The van der Waals surface area contributed by atoms with Crippen LogP contribution < -0.4 is 15.8 Å². The Bertz CT molecular complexity index is 1570. The monoisotopic (exact) mass is 530 g/mol. The van der Waals surface area contributed by atoms with Crippen LogP contribution in [0.25, 0.3) is 11.1 Å². The highest BCUT2D eigenvalue weighted by molar-refractivity contribution is 7.92. The summed E-state index contributed by atoms with van der Waals surface area (Å²) in [7, 11) is -7.89. The molecule has 0 saturated carbocycles. The van der Waals surface area contributed by atoms with Crippen LogP contribution in [-0.4, -0.2) is 47.1 Å². The van der Waals surface area contributed by atoms with Gasteiger partial charge in [-0.15, -0.1) is 0 Å². The van der Waals surface area contributed by atoms with Gasteiger partial charge in [0.2, 0.25) is 10.0 Å². The SMILES string of the molecule is CS(=O)(=O)Nc1ccc(-c2ccccc2C(=O)Nc2ccc(C(=N)N)cc2)c(C(=O)OS(C)(=O)=O)c1. The Hall–Kier alpha value is -4.23. The zero-order valence-electron chi connectivity index (χ0n) is 19.1. The van der Waals surface area contributed by atoms with E-state index in [1.807, 2.05) is 0 Å². The fourth-order valence-electron chi connectivity index (χ4n) is 3.26. The average Bonchev–Trinajstić information content (AvgIpc) is 2.77. The molecule has 13 heteroatoms. The summed E-state index contributed by atoms with van der Waals surface area (Å²) in [6, 6.07) is 16.4. The summed E-state index contributed by atoms with van der Waals surface area (Å²) in [6.07, 6.45) is 1.61. The van der Waals surface area contributed by atoms with E-state index >= 15 is 0 Å². The van der Waals surface area contributed by atoms with E-state index < -0.39 is 32.0 Å². The topological polar surface area (TPSA) is 186 Å². The molecule has 5 N–H and O–H groups in total. The quantitative estimate of drug-likeness (QED) is 0.194. The van der Waals surface area contributed by atoms with Crippen LogP contribution >= 0.6 is 0 Å². The molecule has 3 rings (SSSR count). The lowest BCUT2D eigenvalue weighted by Crippen LogP contribution is -2.16. The van der Waals surface area contributed by atoms with E-state index in [1.54, 1.807) is 42.5 Å². The average molecular weight is 531 g/mol. The third kappa shape index (κ3) is 6.90. The van der Waals surface area contributed by atoms with E-state index in [1.165, 1.54) is 18.2 Å². The van der Waals surface area contributed by atoms with Crippen LogP contribution in [0.3, 0.4) is 0 Å². The van der Waals surface area contributed by atoms with Gasteiger partial charge < -0.3 is 15.2 Å². The van der Waals surface area contributed by atoms with Gasteiger partial charge in [0.15, 0.2) is 0 Å². The van der Waals surface area contributed by atoms with E-state index in [0.717, 1.165) is 12.3 Å². The molecule has 0 aromatic heterocycles. The van der Waals surface area contributed by atoms with Gasteiger partial charge in [-0.2, -0.15) is 8.42 Å². The molecule has 0 bridgehead atoms. The van der Waals surface area contributed by atoms with Crippen molar-refractivity contribution in [3.8, 4) is 11.1 Å². The van der Waals surface area contributed by atoms with Gasteiger partial charge in [0.1, 0.15) is 5.84 Å². The summed E-state index contributed by atoms with van der Waals surface area (Å²) < 4.78 is 53.2. The molecule has 0 spiro atoms. The molecule has 0 aliphatic carbocycles. The van der Waals surface area contributed by atoms with Crippen LogP contribution in [0.1, 0.15) is 26.3 Å². The lowest BCUT2D eigenvalue weighted by molar-refractivity contribution is 0.0748. The predicted molar refractivity (Wildman–Crippen MR) is 136 cm³/mol. The molecule has 3 aromatic rings. The molecular formula is C23H22N4O7S2. The minimum atomic E-state index is -4.19. The Morgan fingerprint density at radius 1 is 0.833 bits per heavy atom. The molecule has 0 saturated heterocycles. The third-order valence-corrected chi connectivity index (χ3v) is 5.75. The maximum absolute atomic E-state index is 13.1. The van der Waals surface area contributed by atoms with Crippen molar-refractivity contribution in [2.24, 2.45) is 5.73 Å². The number of hydrogen-bond acceptors (Lipinski definition) is 8. The van der Waals surface area contributed by atoms with E-state index in [-0.39, 0.29) is 33.8 Å². The first kappa shape index (κ1) is 26.4. The maximum atomic E-state index is 13.1. The molecule has 0 radical (unpaired) electrons. The zero-order valence-corrected chi connectivity index (χ0v) is 20.7. The number of carbonyl (C=O) groups excluding carboxylic acids is 2. The van der Waals surface area contributed by atoms with E-state index in [2.05, 4.69) is 14.2 Å². The number of nitrogens with two attached hydrogens (primary N) is 1. The van der Waals surface area contributed by atoms with Crippen molar-refractivity contribution in [2.45, 2.75) is 0 Å². The number of hydrogen-bond donors (Lipinski definition) is 4. The Kier molecular flexibility index (Phi) is 7.45. The number of amidine groups is 1. The zero-order chi connectivity index (χ0) is 26.7. The summed E-state index contributed by atoms with van der Waals surface area (Å²) in [6.45, 7) is 0. The number of carbonyl (C=O) groups is 2. The van der Waals surface area contributed by atoms with Gasteiger partial charge in [-0.05, 0) is 53.6 Å². The van der Waals surface area contributed by atoms with Gasteiger partial charge in [0, 0.05) is 22.5 Å². The Morgan fingerprint density at radius 2 is 1.42 bits per heavy atom. The van der Waals surface area contributed by atoms with Gasteiger partial charge in [-0.25, -0.2) is 13.2 Å². The highest BCUT2D eigenvalue weighted by Gasteiger charge is 2.23. The molecule has 11 nitrogen and oxygen atoms in total. The number of anilines is 2. The largest absolute Gasteiger partial charge is 0.384 e. The normalized spacial score (nSPS) is 11.4. The summed E-state index contributed by atoms with van der Waals surface area (Å²) in [5.41, 5.74) is 6.61. The summed E-state index contributed by atoms with van der Waals surface area (Å²) in [4.78, 5) is 25.8. The smallest absolute Gasteiger partial charge is 0.354 e. The number of amides is 1. The molecule has 3 aromatic carbocycles. The molecule has 188 valence electrons. The van der Waals surface area contributed by atoms with E-state index in [9.17, 15) is 26.4 Å². The second-order valence-corrected chi connectivity index (χ2v) is 11.0. The van der Waals surface area contributed by atoms with Crippen LogP contribution in [0.5, 0.6) is 0 Å². The second-order valence-electron chi connectivity index (χ2n) is 7.70. The number of rotatable bonds is 8. The van der Waals surface area contributed by atoms with Crippen LogP contribution in [0.15, 0.2) is 66.7 Å². The summed E-state index contributed by atoms with van der Waals surface area (Å²) >= 11 is 0. The molecule has 0 atom stereocenters. The van der Waals surface area contributed by atoms with Gasteiger partial charge in [-0.3, -0.25) is 14.9 Å². The molecule has 0 fully saturated rings. The Labute approximate surface area is 208 Å². The molecular weight excluding hydrogens is 508 g/mol. The number of benzene rings is 3. The summed E-state index contributed by atoms with van der Waals surface area (Å²) in [5.74, 6) is -1.91. The van der Waals surface area contributed by atoms with Crippen molar-refractivity contribution in [1.82, 2.24) is 0 Å². The maximum Gasteiger partial charge on any atom is 0.354 e. The minimum Gasteiger partial charge on any atom is -0.384 e. The predicted octanol–water partition coefficient (Wildman–Crippen LogP) is 2.38. The van der Waals surface area contributed by atoms with Crippen molar-refractivity contribution in [1.29, 1.82) is 5.41 Å². The van der Waals surface area contributed by atoms with E-state index in [4.69, 9.17) is 11.1 Å². The molecule has 0 unspecified atom stereocenters. The van der Waals surface area contributed by atoms with Crippen molar-refractivity contribution < 1.29 is 30.6 Å². The van der Waals surface area contributed by atoms with Gasteiger partial charge >= 0.3 is 16.1 Å². The van der Waals surface area contributed by atoms with Crippen LogP contribution in [0.4, 0.5) is 11.4 Å². The summed E-state index contributed by atoms with van der Waals surface area (Å²) in [5, 5.41) is 10.2. The Morgan fingerprint density at radius 3 is 2.00 bits per heavy atom. The minimum absolute atomic E-state index is 0.00538. The Balaban J connectivity index is 2.07. The fourth-order valence-corrected chi connectivity index (χ4v) is 4.18. The fraction of sp³-hybridized carbons (Fsp3) is 0.0870. The lowest BCUT2D eigenvalue weighted by atomic mass is 9.94. The van der Waals surface area contributed by atoms with Crippen molar-refractivity contribution in [3.63, 3.8) is 0 Å². The van der Waals surface area contributed by atoms with Crippen LogP contribution in [-0.2, 0) is 24.3 Å². The van der Waals surface area contributed by atoms with Crippen LogP contribution in [0, 0.1) is 5.41 Å². The van der Waals surface area contributed by atoms with Crippen molar-refractivity contribution >= 4 is 49.2 Å².